The molecule has 2 aromatic rings. The Balaban J connectivity index is 2.19. The van der Waals surface area contributed by atoms with Gasteiger partial charge in [0, 0.05) is 13.1 Å². The minimum absolute atomic E-state index is 0.103. The van der Waals surface area contributed by atoms with E-state index in [4.69, 9.17) is 5.11 Å². The number of rotatable bonds is 3. The van der Waals surface area contributed by atoms with E-state index >= 15 is 0 Å². The molecular weight excluding hydrogens is 242 g/mol. The van der Waals surface area contributed by atoms with Crippen molar-refractivity contribution in [2.24, 2.45) is 7.05 Å². The number of carboxylic acids is 1. The number of nitrogens with zero attached hydrogens (tertiary/aromatic N) is 2. The fraction of sp³-hybridized carbons (Fsp3) is 0.100. The van der Waals surface area contributed by atoms with Crippen LogP contribution < -0.4 is 5.32 Å². The first kappa shape index (κ1) is 11.3. The second-order valence-electron chi connectivity index (χ2n) is 3.28. The Morgan fingerprint density at radius 2 is 2.29 bits per heavy atom. The van der Waals surface area contributed by atoms with Crippen LogP contribution in [0, 0.1) is 0 Å². The van der Waals surface area contributed by atoms with Crippen LogP contribution in [-0.4, -0.2) is 26.8 Å². The van der Waals surface area contributed by atoms with Gasteiger partial charge in [-0.25, -0.2) is 4.79 Å². The fourth-order valence-electron chi connectivity index (χ4n) is 1.27. The summed E-state index contributed by atoms with van der Waals surface area (Å²) in [7, 11) is 1.57. The van der Waals surface area contributed by atoms with Crippen molar-refractivity contribution < 1.29 is 14.7 Å². The molecule has 88 valence electrons. The zero-order valence-electron chi connectivity index (χ0n) is 8.88. The van der Waals surface area contributed by atoms with Gasteiger partial charge in [-0.05, 0) is 11.4 Å². The van der Waals surface area contributed by atoms with E-state index in [0.29, 0.717) is 10.7 Å². The first-order valence-electron chi connectivity index (χ1n) is 4.70. The van der Waals surface area contributed by atoms with Gasteiger partial charge >= 0.3 is 5.97 Å². The highest BCUT2D eigenvalue weighted by atomic mass is 32.1. The molecule has 0 fully saturated rings. The normalized spacial score (nSPS) is 10.2. The number of amides is 1. The van der Waals surface area contributed by atoms with Gasteiger partial charge in [-0.15, -0.1) is 11.3 Å². The summed E-state index contributed by atoms with van der Waals surface area (Å²) in [5.74, 6) is -1.06. The Morgan fingerprint density at radius 3 is 2.82 bits per heavy atom. The molecule has 0 aliphatic carbocycles. The van der Waals surface area contributed by atoms with Gasteiger partial charge in [-0.2, -0.15) is 5.10 Å². The van der Waals surface area contributed by atoms with Gasteiger partial charge in [0.25, 0.3) is 5.91 Å². The predicted octanol–water partition coefficient (Wildman–Crippen LogP) is 1.43. The molecule has 1 amide bonds. The van der Waals surface area contributed by atoms with E-state index in [2.05, 4.69) is 10.4 Å². The number of hydrogen-bond acceptors (Lipinski definition) is 4. The number of thiophene rings is 1. The number of aromatic nitrogens is 2. The Kier molecular flexibility index (Phi) is 2.92. The van der Waals surface area contributed by atoms with E-state index in [1.54, 1.807) is 24.6 Å². The fourth-order valence-corrected chi connectivity index (χ4v) is 1.89. The highest BCUT2D eigenvalue weighted by molar-refractivity contribution is 7.12. The number of hydrogen-bond donors (Lipinski definition) is 2. The number of carbonyl (C=O) groups is 2. The van der Waals surface area contributed by atoms with Gasteiger partial charge in [0.2, 0.25) is 0 Å². The SMILES string of the molecule is Cn1nc(C(=O)O)cc1NC(=O)c1cccs1. The minimum Gasteiger partial charge on any atom is -0.476 e. The lowest BCUT2D eigenvalue weighted by Crippen LogP contribution is -2.13. The third-order valence-electron chi connectivity index (χ3n) is 2.09. The largest absolute Gasteiger partial charge is 0.476 e. The van der Waals surface area contributed by atoms with Gasteiger partial charge in [-0.3, -0.25) is 9.48 Å². The van der Waals surface area contributed by atoms with Crippen LogP contribution in [0.4, 0.5) is 5.82 Å². The second-order valence-corrected chi connectivity index (χ2v) is 4.22. The van der Waals surface area contributed by atoms with Crippen molar-refractivity contribution >= 4 is 29.0 Å². The lowest BCUT2D eigenvalue weighted by atomic mass is 10.4. The molecule has 0 spiro atoms. The molecule has 0 aromatic carbocycles. The zero-order valence-corrected chi connectivity index (χ0v) is 9.69. The van der Waals surface area contributed by atoms with Gasteiger partial charge in [0.15, 0.2) is 5.69 Å². The number of aryl methyl sites for hydroxylation is 1. The molecule has 0 bridgehead atoms. The van der Waals surface area contributed by atoms with Crippen LogP contribution in [0.1, 0.15) is 20.2 Å². The molecule has 0 radical (unpaired) electrons. The maximum absolute atomic E-state index is 11.7. The number of anilines is 1. The average molecular weight is 251 g/mol. The minimum atomic E-state index is -1.13. The van der Waals surface area contributed by atoms with E-state index in [-0.39, 0.29) is 11.6 Å². The van der Waals surface area contributed by atoms with E-state index in [1.165, 1.54) is 22.1 Å². The van der Waals surface area contributed by atoms with Gasteiger partial charge in [-0.1, -0.05) is 6.07 Å². The summed E-state index contributed by atoms with van der Waals surface area (Å²) in [4.78, 5) is 23.0. The maximum Gasteiger partial charge on any atom is 0.356 e. The van der Waals surface area contributed by atoms with Gasteiger partial charge in [0.05, 0.1) is 4.88 Å². The topological polar surface area (TPSA) is 84.2 Å². The van der Waals surface area contributed by atoms with Crippen LogP contribution in [0.25, 0.3) is 0 Å². The van der Waals surface area contributed by atoms with Crippen LogP contribution in [0.5, 0.6) is 0 Å². The van der Waals surface area contributed by atoms with Crippen LogP contribution in [0.2, 0.25) is 0 Å². The number of carboxylic acid groups (broad SMARTS) is 1. The molecule has 0 saturated carbocycles. The van der Waals surface area contributed by atoms with Gasteiger partial charge < -0.3 is 10.4 Å². The Bertz CT molecular complexity index is 559. The van der Waals surface area contributed by atoms with Crippen LogP contribution >= 0.6 is 11.3 Å². The van der Waals surface area contributed by atoms with E-state index < -0.39 is 5.97 Å². The molecule has 2 N–H and O–H groups in total. The molecule has 0 atom stereocenters. The molecule has 2 aromatic heterocycles. The lowest BCUT2D eigenvalue weighted by molar-refractivity contribution is 0.0689. The molecule has 0 saturated heterocycles. The highest BCUT2D eigenvalue weighted by Gasteiger charge is 2.14. The summed E-state index contributed by atoms with van der Waals surface area (Å²) in [5, 5.41) is 16.9. The molecule has 2 rings (SSSR count). The summed E-state index contributed by atoms with van der Waals surface area (Å²) in [6, 6.07) is 4.77. The monoisotopic (exact) mass is 251 g/mol. The Morgan fingerprint density at radius 1 is 1.53 bits per heavy atom. The molecule has 0 aliphatic heterocycles. The smallest absolute Gasteiger partial charge is 0.356 e. The third-order valence-corrected chi connectivity index (χ3v) is 2.95. The summed E-state index contributed by atoms with van der Waals surface area (Å²) in [6.45, 7) is 0. The highest BCUT2D eigenvalue weighted by Crippen LogP contribution is 2.14. The summed E-state index contributed by atoms with van der Waals surface area (Å²) >= 11 is 1.31. The van der Waals surface area contributed by atoms with Crippen molar-refractivity contribution in [2.45, 2.75) is 0 Å². The molecule has 0 aliphatic rings. The van der Waals surface area contributed by atoms with Crippen molar-refractivity contribution in [3.8, 4) is 0 Å². The Labute approximate surface area is 100 Å². The Hall–Kier alpha value is -2.15. The molecule has 17 heavy (non-hydrogen) atoms. The van der Waals surface area contributed by atoms with E-state index in [9.17, 15) is 9.59 Å². The number of carbonyl (C=O) groups excluding carboxylic acids is 1. The van der Waals surface area contributed by atoms with Crippen LogP contribution in [0.15, 0.2) is 23.6 Å². The lowest BCUT2D eigenvalue weighted by Gasteiger charge is -2.02. The first-order valence-corrected chi connectivity index (χ1v) is 5.58. The summed E-state index contributed by atoms with van der Waals surface area (Å²) in [6.07, 6.45) is 0. The molecule has 0 unspecified atom stereocenters. The molecule has 2 heterocycles. The summed E-state index contributed by atoms with van der Waals surface area (Å²) < 4.78 is 1.31. The first-order chi connectivity index (χ1) is 8.08. The molecule has 6 nitrogen and oxygen atoms in total. The van der Waals surface area contributed by atoms with Crippen molar-refractivity contribution in [3.05, 3.63) is 34.2 Å². The number of nitrogens with one attached hydrogen (secondary N) is 1. The summed E-state index contributed by atoms with van der Waals surface area (Å²) in [5.41, 5.74) is -0.103. The zero-order chi connectivity index (χ0) is 12.4. The van der Waals surface area contributed by atoms with Crippen LogP contribution in [0.3, 0.4) is 0 Å². The standard InChI is InChI=1S/C10H9N3O3S/c1-13-8(5-6(12-13)10(15)16)11-9(14)7-3-2-4-17-7/h2-5H,1H3,(H,11,14)(H,15,16). The second kappa shape index (κ2) is 4.38. The van der Waals surface area contributed by atoms with Crippen molar-refractivity contribution in [1.82, 2.24) is 9.78 Å². The maximum atomic E-state index is 11.7. The van der Waals surface area contributed by atoms with E-state index in [0.717, 1.165) is 0 Å². The van der Waals surface area contributed by atoms with Crippen molar-refractivity contribution in [3.63, 3.8) is 0 Å². The molecule has 7 heteroatoms. The molecular formula is C10H9N3O3S. The average Bonchev–Trinajstić information content (AvgIpc) is 2.88. The number of aromatic carboxylic acids is 1. The van der Waals surface area contributed by atoms with E-state index in [1.807, 2.05) is 0 Å². The quantitative estimate of drug-likeness (QED) is 0.864. The van der Waals surface area contributed by atoms with Crippen molar-refractivity contribution in [2.75, 3.05) is 5.32 Å². The van der Waals surface area contributed by atoms with Gasteiger partial charge in [0.1, 0.15) is 5.82 Å². The predicted molar refractivity (Wildman–Crippen MR) is 62.4 cm³/mol. The van der Waals surface area contributed by atoms with Crippen LogP contribution in [-0.2, 0) is 7.05 Å². The third kappa shape index (κ3) is 2.34. The van der Waals surface area contributed by atoms with Crippen molar-refractivity contribution in [1.29, 1.82) is 0 Å².